The zero-order chi connectivity index (χ0) is 25.0. The Bertz CT molecular complexity index is 873. The van der Waals surface area contributed by atoms with Crippen molar-refractivity contribution in [3.63, 3.8) is 0 Å². The van der Waals surface area contributed by atoms with Crippen molar-refractivity contribution < 1.29 is 19.8 Å². The first-order valence-electron chi connectivity index (χ1n) is 13.5. The van der Waals surface area contributed by atoms with E-state index >= 15 is 0 Å². The van der Waals surface area contributed by atoms with Crippen LogP contribution in [0.15, 0.2) is 47.6 Å². The average Bonchev–Trinajstić information content (AvgIpc) is 3.30. The minimum atomic E-state index is -0.742. The Hall–Kier alpha value is -2.40. The molecule has 1 saturated carbocycles. The fourth-order valence-corrected chi connectivity index (χ4v) is 6.11. The lowest BCUT2D eigenvalue weighted by Crippen LogP contribution is -2.19. The molecule has 0 radical (unpaired) electrons. The highest BCUT2D eigenvalue weighted by molar-refractivity contribution is 5.66. The van der Waals surface area contributed by atoms with Gasteiger partial charge in [-0.2, -0.15) is 0 Å². The largest absolute Gasteiger partial charge is 0.508 e. The van der Waals surface area contributed by atoms with E-state index in [2.05, 4.69) is 24.3 Å². The van der Waals surface area contributed by atoms with Crippen LogP contribution >= 0.6 is 0 Å². The summed E-state index contributed by atoms with van der Waals surface area (Å²) in [6.07, 6.45) is 18.1. The summed E-state index contributed by atoms with van der Waals surface area (Å²) >= 11 is 0. The number of benzene rings is 1. The number of allylic oxidation sites excluding steroid dienone is 3. The third-order valence-corrected chi connectivity index (χ3v) is 8.03. The van der Waals surface area contributed by atoms with Crippen LogP contribution in [0.1, 0.15) is 95.0 Å². The van der Waals surface area contributed by atoms with E-state index in [1.54, 1.807) is 12.1 Å². The summed E-state index contributed by atoms with van der Waals surface area (Å²) in [4.78, 5) is 22.6. The number of phenols is 1. The monoisotopic (exact) mass is 481 g/mol. The Balaban J connectivity index is 1.51. The SMILES string of the molecule is NCCC1=C[C@H]([C@@H](C=O)CCCCC[C@@H]2CC(=CCCC(=O)O)CC[C@@H]2c2ccc(O)cc2)CC1. The summed E-state index contributed by atoms with van der Waals surface area (Å²) in [5.74, 6) is 1.08. The van der Waals surface area contributed by atoms with Crippen LogP contribution in [0.25, 0.3) is 0 Å². The van der Waals surface area contributed by atoms with E-state index in [9.17, 15) is 14.7 Å². The number of unbranched alkanes of at least 4 members (excludes halogenated alkanes) is 2. The lowest BCUT2D eigenvalue weighted by atomic mass is 9.71. The number of aldehydes is 1. The van der Waals surface area contributed by atoms with Gasteiger partial charge in [0.1, 0.15) is 12.0 Å². The molecule has 0 heterocycles. The summed E-state index contributed by atoms with van der Waals surface area (Å²) in [7, 11) is 0. The average molecular weight is 482 g/mol. The molecule has 5 nitrogen and oxygen atoms in total. The van der Waals surface area contributed by atoms with Crippen molar-refractivity contribution in [3.8, 4) is 5.75 Å². The van der Waals surface area contributed by atoms with Crippen LogP contribution in [-0.4, -0.2) is 29.0 Å². The van der Waals surface area contributed by atoms with E-state index in [-0.39, 0.29) is 12.3 Å². The van der Waals surface area contributed by atoms with Crippen LogP contribution in [0.4, 0.5) is 0 Å². The van der Waals surface area contributed by atoms with Gasteiger partial charge in [0.15, 0.2) is 0 Å². The molecule has 1 aromatic carbocycles. The second kappa shape index (κ2) is 14.2. The van der Waals surface area contributed by atoms with E-state index in [0.717, 1.165) is 70.6 Å². The Morgan fingerprint density at radius 3 is 2.63 bits per heavy atom. The number of aromatic hydroxyl groups is 1. The maximum Gasteiger partial charge on any atom is 0.303 e. The van der Waals surface area contributed by atoms with Crippen molar-refractivity contribution >= 4 is 12.3 Å². The van der Waals surface area contributed by atoms with Crippen molar-refractivity contribution in [1.82, 2.24) is 0 Å². The summed E-state index contributed by atoms with van der Waals surface area (Å²) in [5.41, 5.74) is 9.80. The van der Waals surface area contributed by atoms with Crippen molar-refractivity contribution in [3.05, 3.63) is 53.1 Å². The molecule has 0 aromatic heterocycles. The zero-order valence-corrected chi connectivity index (χ0v) is 21.0. The van der Waals surface area contributed by atoms with Crippen LogP contribution in [0.2, 0.25) is 0 Å². The highest BCUT2D eigenvalue weighted by atomic mass is 16.4. The maximum atomic E-state index is 11.7. The van der Waals surface area contributed by atoms with E-state index in [4.69, 9.17) is 10.8 Å². The summed E-state index contributed by atoms with van der Waals surface area (Å²) < 4.78 is 0. The van der Waals surface area contributed by atoms with Crippen LogP contribution in [0.3, 0.4) is 0 Å². The molecular weight excluding hydrogens is 438 g/mol. The molecule has 1 aromatic rings. The number of carboxylic acids is 1. The minimum absolute atomic E-state index is 0.133. The van der Waals surface area contributed by atoms with Crippen LogP contribution in [0, 0.1) is 17.8 Å². The fourth-order valence-electron chi connectivity index (χ4n) is 6.11. The molecule has 4 N–H and O–H groups in total. The number of phenolic OH excluding ortho intramolecular Hbond substituents is 1. The zero-order valence-electron chi connectivity index (χ0n) is 21.0. The Labute approximate surface area is 210 Å². The number of hydrogen-bond acceptors (Lipinski definition) is 4. The molecule has 0 spiro atoms. The van der Waals surface area contributed by atoms with E-state index in [1.165, 1.54) is 23.0 Å². The van der Waals surface area contributed by atoms with Gasteiger partial charge in [0, 0.05) is 12.3 Å². The topological polar surface area (TPSA) is 101 Å². The number of nitrogens with two attached hydrogens (primary N) is 1. The summed E-state index contributed by atoms with van der Waals surface area (Å²) in [6, 6.07) is 7.66. The number of hydrogen-bond donors (Lipinski definition) is 3. The van der Waals surface area contributed by atoms with Gasteiger partial charge in [0.2, 0.25) is 0 Å². The molecule has 1 fully saturated rings. The lowest BCUT2D eigenvalue weighted by Gasteiger charge is -2.34. The van der Waals surface area contributed by atoms with Gasteiger partial charge in [-0.1, -0.05) is 54.7 Å². The molecule has 3 rings (SSSR count). The fraction of sp³-hybridized carbons (Fsp3) is 0.600. The standard InChI is InChI=1S/C30H43NO4/c31-18-17-23-9-11-25(19-23)27(21-32)7-3-1-2-6-26-20-22(5-4-8-30(34)35)10-16-29(26)24-12-14-28(33)15-13-24/h5,12-15,19,21,25-27,29,33H,1-4,6-11,16-18,20,31H2,(H,34,35)/t25-,26-,27-,29-/m1/s1. The number of carboxylic acid groups (broad SMARTS) is 1. The van der Waals surface area contributed by atoms with Crippen LogP contribution in [0.5, 0.6) is 5.75 Å². The van der Waals surface area contributed by atoms with Gasteiger partial charge in [0.05, 0.1) is 0 Å². The molecule has 2 aliphatic carbocycles. The predicted molar refractivity (Wildman–Crippen MR) is 140 cm³/mol. The molecule has 192 valence electrons. The molecular formula is C30H43NO4. The third kappa shape index (κ3) is 8.64. The first-order valence-corrected chi connectivity index (χ1v) is 13.5. The molecule has 35 heavy (non-hydrogen) atoms. The molecule has 0 amide bonds. The number of aliphatic carboxylic acids is 1. The summed E-state index contributed by atoms with van der Waals surface area (Å²) in [5, 5.41) is 18.7. The van der Waals surface area contributed by atoms with E-state index in [1.807, 2.05) is 0 Å². The van der Waals surface area contributed by atoms with E-state index < -0.39 is 5.97 Å². The van der Waals surface area contributed by atoms with Gasteiger partial charge in [-0.15, -0.1) is 0 Å². The van der Waals surface area contributed by atoms with Gasteiger partial charge in [-0.05, 0) is 99.8 Å². The second-order valence-electron chi connectivity index (χ2n) is 10.5. The van der Waals surface area contributed by atoms with E-state index in [0.29, 0.717) is 36.5 Å². The number of rotatable bonds is 14. The quantitative estimate of drug-likeness (QED) is 0.160. The van der Waals surface area contributed by atoms with Crippen molar-refractivity contribution in [1.29, 1.82) is 0 Å². The molecule has 0 unspecified atom stereocenters. The number of carbonyl (C=O) groups excluding carboxylic acids is 1. The van der Waals surface area contributed by atoms with Gasteiger partial charge < -0.3 is 20.7 Å². The molecule has 4 atom stereocenters. The van der Waals surface area contributed by atoms with Crippen molar-refractivity contribution in [2.24, 2.45) is 23.5 Å². The highest BCUT2D eigenvalue weighted by Gasteiger charge is 2.28. The first kappa shape index (κ1) is 27.2. The molecule has 0 saturated heterocycles. The molecule has 2 aliphatic rings. The van der Waals surface area contributed by atoms with Crippen LogP contribution < -0.4 is 5.73 Å². The Morgan fingerprint density at radius 1 is 1.11 bits per heavy atom. The van der Waals surface area contributed by atoms with Gasteiger partial charge in [-0.25, -0.2) is 0 Å². The Morgan fingerprint density at radius 2 is 1.91 bits per heavy atom. The van der Waals surface area contributed by atoms with Gasteiger partial charge in [-0.3, -0.25) is 4.79 Å². The number of carbonyl (C=O) groups is 2. The minimum Gasteiger partial charge on any atom is -0.508 e. The smallest absolute Gasteiger partial charge is 0.303 e. The highest BCUT2D eigenvalue weighted by Crippen LogP contribution is 2.43. The second-order valence-corrected chi connectivity index (χ2v) is 10.5. The molecule has 0 bridgehead atoms. The van der Waals surface area contributed by atoms with Gasteiger partial charge in [0.25, 0.3) is 0 Å². The van der Waals surface area contributed by atoms with Crippen molar-refractivity contribution in [2.75, 3.05) is 6.54 Å². The van der Waals surface area contributed by atoms with Crippen molar-refractivity contribution in [2.45, 2.75) is 89.4 Å². The normalized spacial score (nSPS) is 24.3. The molecule has 0 aliphatic heterocycles. The maximum absolute atomic E-state index is 11.7. The first-order chi connectivity index (χ1) is 17.0. The predicted octanol–water partition coefficient (Wildman–Crippen LogP) is 6.52. The lowest BCUT2D eigenvalue weighted by molar-refractivity contribution is -0.136. The molecule has 5 heteroatoms. The third-order valence-electron chi connectivity index (χ3n) is 8.03. The van der Waals surface area contributed by atoms with Crippen LogP contribution in [-0.2, 0) is 9.59 Å². The Kier molecular flexibility index (Phi) is 11.1. The summed E-state index contributed by atoms with van der Waals surface area (Å²) in [6.45, 7) is 0.688. The van der Waals surface area contributed by atoms with Gasteiger partial charge >= 0.3 is 5.97 Å².